The summed E-state index contributed by atoms with van der Waals surface area (Å²) in [5.74, 6) is 5.55. The molecule has 4 aromatic rings. The van der Waals surface area contributed by atoms with Gasteiger partial charge < -0.3 is 33.2 Å². The van der Waals surface area contributed by atoms with Crippen LogP contribution in [0, 0.1) is 0 Å². The van der Waals surface area contributed by atoms with Crippen molar-refractivity contribution in [3.63, 3.8) is 0 Å². The molecule has 0 spiro atoms. The second-order valence-electron chi connectivity index (χ2n) is 13.1. The fourth-order valence-electron chi connectivity index (χ4n) is 8.06. The van der Waals surface area contributed by atoms with Crippen LogP contribution in [0.25, 0.3) is 0 Å². The summed E-state index contributed by atoms with van der Waals surface area (Å²) in [6.45, 7) is 0.961. The topological polar surface area (TPSA) is 71.1 Å². The Morgan fingerprint density at radius 1 is 0.592 bits per heavy atom. The van der Waals surface area contributed by atoms with E-state index in [1.807, 2.05) is 12.1 Å². The zero-order valence-corrected chi connectivity index (χ0v) is 29.7. The molecule has 3 heterocycles. The molecule has 3 atom stereocenters. The van der Waals surface area contributed by atoms with Crippen molar-refractivity contribution in [3.8, 4) is 46.0 Å². The lowest BCUT2D eigenvalue weighted by molar-refractivity contribution is 0.135. The summed E-state index contributed by atoms with van der Waals surface area (Å²) in [4.78, 5) is 4.87. The van der Waals surface area contributed by atoms with Gasteiger partial charge in [0.05, 0.1) is 42.7 Å². The number of methoxy groups -OCH3 is 6. The first-order valence-electron chi connectivity index (χ1n) is 16.8. The van der Waals surface area contributed by atoms with Crippen LogP contribution >= 0.6 is 0 Å². The number of ether oxygens (including phenoxy) is 7. The average molecular weight is 667 g/mol. The monoisotopic (exact) mass is 666 g/mol. The smallest absolute Gasteiger partial charge is 0.204 e. The van der Waals surface area contributed by atoms with Crippen molar-refractivity contribution in [1.29, 1.82) is 0 Å². The number of fused-ring (bicyclic) bond motifs is 7. The van der Waals surface area contributed by atoms with Crippen LogP contribution in [-0.4, -0.2) is 73.1 Å². The van der Waals surface area contributed by atoms with E-state index >= 15 is 0 Å². The predicted molar refractivity (Wildman–Crippen MR) is 189 cm³/mol. The Hall–Kier alpha value is -4.60. The Kier molecular flexibility index (Phi) is 8.98. The van der Waals surface area contributed by atoms with Crippen molar-refractivity contribution in [2.45, 2.75) is 43.8 Å². The Bertz CT molecular complexity index is 1860. The summed E-state index contributed by atoms with van der Waals surface area (Å²) >= 11 is 0. The van der Waals surface area contributed by atoms with Gasteiger partial charge in [-0.1, -0.05) is 12.1 Å². The third-order valence-corrected chi connectivity index (χ3v) is 10.8. The third-order valence-electron chi connectivity index (χ3n) is 10.8. The van der Waals surface area contributed by atoms with Crippen molar-refractivity contribution >= 4 is 0 Å². The molecule has 0 aliphatic carbocycles. The van der Waals surface area contributed by atoms with E-state index in [-0.39, 0.29) is 18.1 Å². The van der Waals surface area contributed by atoms with Gasteiger partial charge in [-0.3, -0.25) is 9.80 Å². The van der Waals surface area contributed by atoms with Gasteiger partial charge in [0.25, 0.3) is 0 Å². The van der Waals surface area contributed by atoms with Crippen LogP contribution in [-0.2, 0) is 25.7 Å². The molecular formula is C40H46N2O7. The molecule has 0 saturated heterocycles. The minimum Gasteiger partial charge on any atom is -0.497 e. The second-order valence-corrected chi connectivity index (χ2v) is 13.1. The van der Waals surface area contributed by atoms with E-state index in [0.29, 0.717) is 28.7 Å². The second kappa shape index (κ2) is 13.4. The molecule has 2 bridgehead atoms. The molecule has 3 aliphatic heterocycles. The molecule has 3 aliphatic rings. The van der Waals surface area contributed by atoms with E-state index in [1.165, 1.54) is 33.4 Å². The van der Waals surface area contributed by atoms with Gasteiger partial charge in [-0.2, -0.15) is 0 Å². The maximum absolute atomic E-state index is 7.04. The van der Waals surface area contributed by atoms with E-state index in [2.05, 4.69) is 66.4 Å². The Balaban J connectivity index is 1.32. The summed E-state index contributed by atoms with van der Waals surface area (Å²) < 4.78 is 41.8. The van der Waals surface area contributed by atoms with Gasteiger partial charge in [0.15, 0.2) is 34.5 Å². The van der Waals surface area contributed by atoms with E-state index in [9.17, 15) is 0 Å². The van der Waals surface area contributed by atoms with Gasteiger partial charge in [0.2, 0.25) is 5.75 Å². The van der Waals surface area contributed by atoms with Gasteiger partial charge in [-0.25, -0.2) is 0 Å². The summed E-state index contributed by atoms with van der Waals surface area (Å²) in [5, 5.41) is 0. The normalized spacial score (nSPS) is 19.6. The number of hydrogen-bond donors (Lipinski definition) is 0. The maximum Gasteiger partial charge on any atom is 0.204 e. The fraction of sp³-hybridized carbons (Fsp3) is 0.400. The Morgan fingerprint density at radius 3 is 1.88 bits per heavy atom. The molecule has 0 saturated carbocycles. The van der Waals surface area contributed by atoms with Crippen molar-refractivity contribution < 1.29 is 33.2 Å². The van der Waals surface area contributed by atoms with Crippen molar-refractivity contribution in [1.82, 2.24) is 9.80 Å². The lowest BCUT2D eigenvalue weighted by Gasteiger charge is -2.46. The van der Waals surface area contributed by atoms with Crippen LogP contribution in [0.5, 0.6) is 46.0 Å². The molecule has 9 heteroatoms. The third kappa shape index (κ3) is 5.68. The van der Waals surface area contributed by atoms with E-state index in [1.54, 1.807) is 42.7 Å². The molecule has 4 aromatic carbocycles. The zero-order valence-electron chi connectivity index (χ0n) is 29.7. The molecule has 9 nitrogen and oxygen atoms in total. The first-order valence-corrected chi connectivity index (χ1v) is 16.8. The molecule has 0 fully saturated rings. The highest BCUT2D eigenvalue weighted by atomic mass is 16.5. The highest BCUT2D eigenvalue weighted by molar-refractivity contribution is 5.65. The van der Waals surface area contributed by atoms with Crippen LogP contribution in [0.2, 0.25) is 0 Å². The van der Waals surface area contributed by atoms with Crippen molar-refractivity contribution in [2.24, 2.45) is 0 Å². The van der Waals surface area contributed by atoms with Crippen LogP contribution in [0.3, 0.4) is 0 Å². The molecule has 0 aromatic heterocycles. The average Bonchev–Trinajstić information content (AvgIpc) is 3.12. The van der Waals surface area contributed by atoms with Crippen LogP contribution in [0.4, 0.5) is 0 Å². The molecule has 7 rings (SSSR count). The van der Waals surface area contributed by atoms with E-state index in [4.69, 9.17) is 33.2 Å². The minimum absolute atomic E-state index is 0.106. The SMILES string of the molecule is COc1ccc(C[C@H]2c3cc(Oc4c5c(cc(OC)c4OC)[C@@H]4Cc6cc(OC)c(OC)cc6[C@H](C5)N4C)c(OC)cc3CCN2C)cc1. The largest absolute Gasteiger partial charge is 0.497 e. The first-order chi connectivity index (χ1) is 23.8. The first kappa shape index (κ1) is 32.9. The van der Waals surface area contributed by atoms with Gasteiger partial charge in [0, 0.05) is 30.2 Å². The molecule has 258 valence electrons. The Morgan fingerprint density at radius 2 is 1.20 bits per heavy atom. The molecule has 0 N–H and O–H groups in total. The van der Waals surface area contributed by atoms with Crippen molar-refractivity contribution in [3.05, 3.63) is 93.5 Å². The van der Waals surface area contributed by atoms with Gasteiger partial charge >= 0.3 is 0 Å². The number of benzene rings is 4. The zero-order chi connectivity index (χ0) is 34.4. The number of likely N-dealkylation sites (N-methyl/N-ethyl adjacent to an activating group) is 2. The van der Waals surface area contributed by atoms with Crippen LogP contribution in [0.15, 0.2) is 54.6 Å². The van der Waals surface area contributed by atoms with Gasteiger partial charge in [-0.15, -0.1) is 0 Å². The Labute approximate surface area is 289 Å². The standard InChI is InChI=1S/C40H46N2O7/c1-41-14-13-24-17-35(45-5)37(21-27(24)31(41)15-23-9-11-26(43-3)12-10-23)49-39-30-19-33-28-20-36(46-6)34(44-4)18-25(28)16-32(42(33)2)29(30)22-38(47-7)40(39)48-8/h9-12,17-18,20-22,31-33H,13-16,19H2,1-8H3/t31-,32-,33-/m0/s1. The lowest BCUT2D eigenvalue weighted by Crippen LogP contribution is -2.40. The lowest BCUT2D eigenvalue weighted by atomic mass is 9.76. The van der Waals surface area contributed by atoms with Crippen LogP contribution in [0.1, 0.15) is 57.1 Å². The number of rotatable bonds is 10. The number of hydrogen-bond acceptors (Lipinski definition) is 9. The molecule has 49 heavy (non-hydrogen) atoms. The molecule has 0 unspecified atom stereocenters. The minimum atomic E-state index is 0.106. The maximum atomic E-state index is 7.04. The van der Waals surface area contributed by atoms with Gasteiger partial charge in [0.1, 0.15) is 5.75 Å². The quantitative estimate of drug-likeness (QED) is 0.176. The van der Waals surface area contributed by atoms with Gasteiger partial charge in [-0.05, 0) is 116 Å². The summed E-state index contributed by atoms with van der Waals surface area (Å²) in [6, 6.07) is 19.4. The summed E-state index contributed by atoms with van der Waals surface area (Å²) in [5.41, 5.74) is 8.53. The summed E-state index contributed by atoms with van der Waals surface area (Å²) in [6.07, 6.45) is 3.33. The predicted octanol–water partition coefficient (Wildman–Crippen LogP) is 7.13. The molecule has 0 radical (unpaired) electrons. The molecular weight excluding hydrogens is 620 g/mol. The van der Waals surface area contributed by atoms with E-state index < -0.39 is 0 Å². The fourth-order valence-corrected chi connectivity index (χ4v) is 8.06. The molecule has 0 amide bonds. The van der Waals surface area contributed by atoms with Crippen molar-refractivity contribution in [2.75, 3.05) is 63.3 Å². The summed E-state index contributed by atoms with van der Waals surface area (Å²) in [7, 11) is 14.5. The highest BCUT2D eigenvalue weighted by Crippen LogP contribution is 2.56. The van der Waals surface area contributed by atoms with Crippen LogP contribution < -0.4 is 33.2 Å². The van der Waals surface area contributed by atoms with E-state index in [0.717, 1.165) is 55.0 Å². The highest BCUT2D eigenvalue weighted by Gasteiger charge is 2.42. The number of nitrogens with zero attached hydrogens (tertiary/aromatic N) is 2.